The van der Waals surface area contributed by atoms with Crippen LogP contribution in [0.4, 0.5) is 24.5 Å². The highest BCUT2D eigenvalue weighted by Gasteiger charge is 2.43. The molecule has 2 heterocycles. The first-order valence-corrected chi connectivity index (χ1v) is 10.5. The van der Waals surface area contributed by atoms with Gasteiger partial charge in [0.25, 0.3) is 0 Å². The number of carbonyl (C=O) groups is 1. The maximum Gasteiger partial charge on any atom is 0.227 e. The van der Waals surface area contributed by atoms with Crippen LogP contribution in [0.3, 0.4) is 0 Å². The van der Waals surface area contributed by atoms with Gasteiger partial charge in [-0.25, -0.2) is 13.2 Å². The second-order valence-corrected chi connectivity index (χ2v) is 8.37. The Bertz CT molecular complexity index is 1060. The van der Waals surface area contributed by atoms with Crippen molar-refractivity contribution in [3.63, 3.8) is 0 Å². The minimum Gasteiger partial charge on any atom is -0.497 e. The highest BCUT2D eigenvalue weighted by atomic mass is 19.1. The maximum atomic E-state index is 14.4. The molecule has 1 fully saturated rings. The molecule has 33 heavy (non-hydrogen) atoms. The molecule has 0 aromatic heterocycles. The molecule has 1 saturated heterocycles. The van der Waals surface area contributed by atoms with Crippen molar-refractivity contribution in [3.8, 4) is 11.5 Å². The van der Waals surface area contributed by atoms with Crippen LogP contribution in [0.25, 0.3) is 0 Å². The Kier molecular flexibility index (Phi) is 6.15. The highest BCUT2D eigenvalue weighted by molar-refractivity contribution is 5.96. The summed E-state index contributed by atoms with van der Waals surface area (Å²) in [5.41, 5.74) is -1.35. The molecule has 0 unspecified atom stereocenters. The van der Waals surface area contributed by atoms with Crippen LogP contribution in [0.5, 0.6) is 11.5 Å². The van der Waals surface area contributed by atoms with E-state index in [1.54, 1.807) is 0 Å². The van der Waals surface area contributed by atoms with Gasteiger partial charge in [-0.3, -0.25) is 4.79 Å². The van der Waals surface area contributed by atoms with E-state index in [1.807, 2.05) is 0 Å². The topological polar surface area (TPSA) is 82.5 Å². The van der Waals surface area contributed by atoms with Crippen molar-refractivity contribution in [2.75, 3.05) is 43.7 Å². The quantitative estimate of drug-likeness (QED) is 0.705. The summed E-state index contributed by atoms with van der Waals surface area (Å²) < 4.78 is 53.8. The Morgan fingerprint density at radius 2 is 1.82 bits per heavy atom. The average molecular weight is 466 g/mol. The summed E-state index contributed by atoms with van der Waals surface area (Å²) in [5.74, 6) is -2.09. The molecule has 10 heteroatoms. The number of aliphatic hydroxyl groups is 2. The fourth-order valence-corrected chi connectivity index (χ4v) is 4.35. The molecule has 7 nitrogen and oxygen atoms in total. The highest BCUT2D eigenvalue weighted by Crippen LogP contribution is 2.38. The molecule has 2 aromatic carbocycles. The first kappa shape index (κ1) is 23.2. The number of nitrogens with zero attached hydrogens (tertiary/aromatic N) is 2. The van der Waals surface area contributed by atoms with Gasteiger partial charge in [0.05, 0.1) is 12.8 Å². The number of ether oxygens (including phenoxy) is 2. The minimum absolute atomic E-state index is 0.0269. The molecule has 0 saturated carbocycles. The number of amides is 1. The monoisotopic (exact) mass is 466 g/mol. The molecule has 178 valence electrons. The van der Waals surface area contributed by atoms with Gasteiger partial charge in [0, 0.05) is 44.3 Å². The molecule has 2 aliphatic rings. The molecule has 0 radical (unpaired) electrons. The summed E-state index contributed by atoms with van der Waals surface area (Å²) in [6.45, 7) is -0.472. The van der Waals surface area contributed by atoms with Crippen molar-refractivity contribution in [2.45, 2.75) is 31.0 Å². The first-order valence-electron chi connectivity index (χ1n) is 10.5. The summed E-state index contributed by atoms with van der Waals surface area (Å²) in [4.78, 5) is 14.5. The predicted octanol–water partition coefficient (Wildman–Crippen LogP) is 2.40. The number of anilines is 2. The van der Waals surface area contributed by atoms with Crippen molar-refractivity contribution < 1.29 is 37.7 Å². The number of methoxy groups -OCH3 is 1. The van der Waals surface area contributed by atoms with E-state index >= 15 is 0 Å². The summed E-state index contributed by atoms with van der Waals surface area (Å²) in [6, 6.07) is 4.70. The van der Waals surface area contributed by atoms with E-state index in [1.165, 1.54) is 36.1 Å². The Balaban J connectivity index is 1.49. The summed E-state index contributed by atoms with van der Waals surface area (Å²) >= 11 is 0. The average Bonchev–Trinajstić information content (AvgIpc) is 2.77. The molecule has 0 bridgehead atoms. The van der Waals surface area contributed by atoms with Crippen LogP contribution in [-0.2, 0) is 11.2 Å². The van der Waals surface area contributed by atoms with Gasteiger partial charge in [-0.2, -0.15) is 0 Å². The van der Waals surface area contributed by atoms with Crippen LogP contribution < -0.4 is 19.3 Å². The number of halogens is 3. The van der Waals surface area contributed by atoms with Crippen molar-refractivity contribution in [2.24, 2.45) is 0 Å². The van der Waals surface area contributed by atoms with Gasteiger partial charge in [-0.15, -0.1) is 0 Å². The van der Waals surface area contributed by atoms with Crippen LogP contribution in [0.1, 0.15) is 18.4 Å². The zero-order valence-electron chi connectivity index (χ0n) is 18.3. The molecule has 4 rings (SSSR count). The van der Waals surface area contributed by atoms with Crippen molar-refractivity contribution >= 4 is 17.3 Å². The lowest BCUT2D eigenvalue weighted by Gasteiger charge is -2.43. The van der Waals surface area contributed by atoms with Crippen LogP contribution in [-0.4, -0.2) is 61.7 Å². The van der Waals surface area contributed by atoms with Crippen molar-refractivity contribution in [1.29, 1.82) is 0 Å². The van der Waals surface area contributed by atoms with E-state index in [0.717, 1.165) is 12.1 Å². The smallest absolute Gasteiger partial charge is 0.227 e. The second kappa shape index (κ2) is 8.75. The van der Waals surface area contributed by atoms with Gasteiger partial charge in [-0.1, -0.05) is 0 Å². The fourth-order valence-electron chi connectivity index (χ4n) is 4.35. The van der Waals surface area contributed by atoms with Crippen molar-refractivity contribution in [3.05, 3.63) is 47.3 Å². The van der Waals surface area contributed by atoms with E-state index in [4.69, 9.17) is 9.47 Å². The second-order valence-electron chi connectivity index (χ2n) is 8.37. The zero-order chi connectivity index (χ0) is 23.9. The Labute approximate surface area is 188 Å². The van der Waals surface area contributed by atoms with Crippen LogP contribution >= 0.6 is 0 Å². The Hall–Kier alpha value is -2.98. The van der Waals surface area contributed by atoms with Crippen LogP contribution in [0, 0.1) is 17.5 Å². The lowest BCUT2D eigenvalue weighted by Crippen LogP contribution is -2.58. The van der Waals surface area contributed by atoms with Crippen molar-refractivity contribution in [1.82, 2.24) is 0 Å². The van der Waals surface area contributed by atoms with Crippen LogP contribution in [0.2, 0.25) is 0 Å². The standard InChI is InChI=1S/C23H25F3N2O5/c1-27-20(30)6-3-14-18(5-4-15(24)21(14)27)33-12-23(31)7-8-28(11-19(23)29)22-16(25)9-13(32-2)10-17(22)26/h4-5,9-10,19,29,31H,3,6-8,11-12H2,1-2H3/t19-,23-/m1/s1. The van der Waals surface area contributed by atoms with Gasteiger partial charge in [0.2, 0.25) is 5.91 Å². The molecule has 2 aliphatic heterocycles. The number of fused-ring (bicyclic) bond motifs is 1. The van der Waals surface area contributed by atoms with Gasteiger partial charge < -0.3 is 29.5 Å². The van der Waals surface area contributed by atoms with E-state index in [-0.39, 0.29) is 62.0 Å². The molecular weight excluding hydrogens is 441 g/mol. The fraction of sp³-hybridized carbons (Fsp3) is 0.435. The SMILES string of the molecule is COc1cc(F)c(N2CC[C@@](O)(COc3ccc(F)c4c3CCC(=O)N4C)[C@H](O)C2)c(F)c1. The Morgan fingerprint density at radius 3 is 2.45 bits per heavy atom. The number of hydrogen-bond donors (Lipinski definition) is 2. The van der Waals surface area contributed by atoms with Gasteiger partial charge >= 0.3 is 0 Å². The van der Waals surface area contributed by atoms with E-state index < -0.39 is 29.2 Å². The van der Waals surface area contributed by atoms with E-state index in [9.17, 15) is 28.2 Å². The predicted molar refractivity (Wildman–Crippen MR) is 114 cm³/mol. The third-order valence-corrected chi connectivity index (χ3v) is 6.34. The van der Waals surface area contributed by atoms with Gasteiger partial charge in [-0.05, 0) is 25.0 Å². The normalized spacial score (nSPS) is 22.9. The molecule has 1 amide bonds. The zero-order valence-corrected chi connectivity index (χ0v) is 18.3. The summed E-state index contributed by atoms with van der Waals surface area (Å²) in [7, 11) is 2.78. The summed E-state index contributed by atoms with van der Waals surface area (Å²) in [5, 5.41) is 21.6. The number of rotatable bonds is 5. The number of aliphatic hydroxyl groups excluding tert-OH is 1. The molecule has 2 aromatic rings. The number of piperidine rings is 1. The summed E-state index contributed by atoms with van der Waals surface area (Å²) in [6.07, 6.45) is -0.908. The number of hydrogen-bond acceptors (Lipinski definition) is 6. The molecule has 2 atom stereocenters. The Morgan fingerprint density at radius 1 is 1.12 bits per heavy atom. The van der Waals surface area contributed by atoms with E-state index in [2.05, 4.69) is 0 Å². The number of carbonyl (C=O) groups excluding carboxylic acids is 1. The molecule has 2 N–H and O–H groups in total. The maximum absolute atomic E-state index is 14.4. The number of β-amino-alcohol motifs (C(OH)–C–C–N with tert-alkyl or cyclic N) is 1. The number of benzene rings is 2. The first-order chi connectivity index (χ1) is 15.6. The lowest BCUT2D eigenvalue weighted by atomic mass is 9.89. The van der Waals surface area contributed by atoms with Crippen LogP contribution in [0.15, 0.2) is 24.3 Å². The molecule has 0 spiro atoms. The third kappa shape index (κ3) is 4.20. The van der Waals surface area contributed by atoms with Gasteiger partial charge in [0.1, 0.15) is 41.3 Å². The van der Waals surface area contributed by atoms with Gasteiger partial charge in [0.15, 0.2) is 11.6 Å². The lowest BCUT2D eigenvalue weighted by molar-refractivity contribution is -0.118. The molecular formula is C23H25F3N2O5. The third-order valence-electron chi connectivity index (χ3n) is 6.34. The minimum atomic E-state index is -1.69. The largest absolute Gasteiger partial charge is 0.497 e. The molecule has 0 aliphatic carbocycles. The van der Waals surface area contributed by atoms with E-state index in [0.29, 0.717) is 11.3 Å².